The van der Waals surface area contributed by atoms with Crippen LogP contribution in [0.1, 0.15) is 46.5 Å². The zero-order valence-electron chi connectivity index (χ0n) is 15.3. The van der Waals surface area contributed by atoms with Gasteiger partial charge in [-0.15, -0.1) is 0 Å². The van der Waals surface area contributed by atoms with Gasteiger partial charge >= 0.3 is 0 Å². The number of nitrogens with one attached hydrogen (secondary N) is 1. The van der Waals surface area contributed by atoms with Gasteiger partial charge in [0.25, 0.3) is 0 Å². The lowest BCUT2D eigenvalue weighted by molar-refractivity contribution is -0.152. The van der Waals surface area contributed by atoms with Gasteiger partial charge in [0.15, 0.2) is 15.6 Å². The predicted octanol–water partition coefficient (Wildman–Crippen LogP) is 2.90. The van der Waals surface area contributed by atoms with Crippen molar-refractivity contribution in [3.63, 3.8) is 0 Å². The molecule has 2 fully saturated rings. The summed E-state index contributed by atoms with van der Waals surface area (Å²) in [5, 5.41) is 2.86. The summed E-state index contributed by atoms with van der Waals surface area (Å²) in [6, 6.07) is 8.52. The summed E-state index contributed by atoms with van der Waals surface area (Å²) in [6.07, 6.45) is 3.32. The van der Waals surface area contributed by atoms with Crippen molar-refractivity contribution in [1.82, 2.24) is 5.32 Å². The van der Waals surface area contributed by atoms with Gasteiger partial charge in [-0.05, 0) is 32.4 Å². The molecule has 0 spiro atoms. The fourth-order valence-corrected chi connectivity index (χ4v) is 5.95. The molecule has 0 amide bonds. The number of ether oxygens (including phenoxy) is 2. The van der Waals surface area contributed by atoms with Crippen LogP contribution in [0.5, 0.6) is 0 Å². The average Bonchev–Trinajstić information content (AvgIpc) is 3.07. The maximum Gasteiger partial charge on any atom is 0.182 e. The molecule has 0 aliphatic carbocycles. The minimum atomic E-state index is -3.44. The Morgan fingerprint density at radius 3 is 2.60 bits per heavy atom. The van der Waals surface area contributed by atoms with Crippen LogP contribution >= 0.6 is 0 Å². The van der Waals surface area contributed by atoms with Gasteiger partial charge in [-0.25, -0.2) is 8.42 Å². The molecule has 2 heterocycles. The van der Waals surface area contributed by atoms with Gasteiger partial charge in [-0.3, -0.25) is 0 Å². The van der Waals surface area contributed by atoms with E-state index in [4.69, 9.17) is 9.47 Å². The molecule has 1 aromatic rings. The first kappa shape index (κ1) is 18.8. The van der Waals surface area contributed by atoms with Gasteiger partial charge in [0.05, 0.1) is 16.2 Å². The summed E-state index contributed by atoms with van der Waals surface area (Å²) in [7, 11) is -3.44. The molecule has 0 radical (unpaired) electrons. The average molecular weight is 368 g/mol. The fourth-order valence-electron chi connectivity index (χ4n) is 3.94. The van der Waals surface area contributed by atoms with Crippen molar-refractivity contribution in [2.75, 3.05) is 6.54 Å². The van der Waals surface area contributed by atoms with E-state index in [0.717, 1.165) is 19.3 Å². The zero-order valence-corrected chi connectivity index (χ0v) is 16.1. The molecule has 2 unspecified atom stereocenters. The maximum absolute atomic E-state index is 13.3. The third-order valence-electron chi connectivity index (χ3n) is 5.09. The first-order valence-electron chi connectivity index (χ1n) is 9.23. The van der Waals surface area contributed by atoms with E-state index < -0.39 is 20.9 Å². The van der Waals surface area contributed by atoms with Crippen molar-refractivity contribution < 1.29 is 17.9 Å². The van der Waals surface area contributed by atoms with E-state index in [9.17, 15) is 8.42 Å². The van der Waals surface area contributed by atoms with Crippen LogP contribution in [0.15, 0.2) is 35.2 Å². The molecule has 1 N–H and O–H groups in total. The highest BCUT2D eigenvalue weighted by Gasteiger charge is 2.53. The van der Waals surface area contributed by atoms with E-state index in [2.05, 4.69) is 12.2 Å². The van der Waals surface area contributed by atoms with Crippen LogP contribution in [-0.2, 0) is 19.3 Å². The molecule has 0 saturated carbocycles. The first-order chi connectivity index (χ1) is 11.8. The second-order valence-corrected chi connectivity index (χ2v) is 9.63. The molecule has 3 rings (SSSR count). The smallest absolute Gasteiger partial charge is 0.182 e. The summed E-state index contributed by atoms with van der Waals surface area (Å²) < 4.78 is 38.6. The Balaban J connectivity index is 1.88. The molecular weight excluding hydrogens is 338 g/mol. The molecule has 4 atom stereocenters. The summed E-state index contributed by atoms with van der Waals surface area (Å²) in [4.78, 5) is 0.389. The van der Waals surface area contributed by atoms with Crippen molar-refractivity contribution in [2.24, 2.45) is 0 Å². The lowest BCUT2D eigenvalue weighted by Gasteiger charge is -2.29. The third kappa shape index (κ3) is 3.92. The molecular formula is C19H29NO4S. The molecule has 2 aliphatic rings. The highest BCUT2D eigenvalue weighted by molar-refractivity contribution is 7.92. The molecule has 2 aliphatic heterocycles. The van der Waals surface area contributed by atoms with E-state index in [0.29, 0.717) is 17.9 Å². The minimum Gasteiger partial charge on any atom is -0.343 e. The van der Waals surface area contributed by atoms with Gasteiger partial charge < -0.3 is 14.8 Å². The third-order valence-corrected chi connectivity index (χ3v) is 7.35. The van der Waals surface area contributed by atoms with Crippen LogP contribution in [0, 0.1) is 0 Å². The van der Waals surface area contributed by atoms with Crippen LogP contribution < -0.4 is 5.32 Å². The van der Waals surface area contributed by atoms with E-state index in [1.807, 2.05) is 19.9 Å². The Bertz CT molecular complexity index is 674. The molecule has 2 saturated heterocycles. The standard InChI is InChI=1S/C19H29NO4S/c1-4-5-7-12-16(25(21,22)14-10-8-6-9-11-14)17-18-15(13-20-17)23-19(2,3)24-18/h6,8-11,15-18,20H,4-5,7,12-13H2,1-3H3/t15-,16?,17?,18-/m1/s1. The molecule has 1 aromatic carbocycles. The Hall–Kier alpha value is -0.950. The van der Waals surface area contributed by atoms with E-state index >= 15 is 0 Å². The number of fused-ring (bicyclic) bond motifs is 1. The Morgan fingerprint density at radius 1 is 1.20 bits per heavy atom. The van der Waals surface area contributed by atoms with Crippen molar-refractivity contribution in [3.05, 3.63) is 30.3 Å². The normalized spacial score (nSPS) is 29.5. The fraction of sp³-hybridized carbons (Fsp3) is 0.684. The lowest BCUT2D eigenvalue weighted by atomic mass is 10.0. The summed E-state index contributed by atoms with van der Waals surface area (Å²) in [6.45, 7) is 6.54. The van der Waals surface area contributed by atoms with Crippen LogP contribution in [0.2, 0.25) is 0 Å². The molecule has 6 heteroatoms. The largest absolute Gasteiger partial charge is 0.343 e. The van der Waals surface area contributed by atoms with Gasteiger partial charge in [0.1, 0.15) is 12.2 Å². The van der Waals surface area contributed by atoms with Crippen molar-refractivity contribution in [1.29, 1.82) is 0 Å². The molecule has 5 nitrogen and oxygen atoms in total. The second kappa shape index (κ2) is 7.35. The zero-order chi connectivity index (χ0) is 18.1. The first-order valence-corrected chi connectivity index (χ1v) is 10.8. The van der Waals surface area contributed by atoms with Crippen molar-refractivity contribution >= 4 is 9.84 Å². The van der Waals surface area contributed by atoms with Crippen LogP contribution in [0.4, 0.5) is 0 Å². The van der Waals surface area contributed by atoms with Crippen LogP contribution in [-0.4, -0.2) is 44.2 Å². The Morgan fingerprint density at radius 2 is 1.92 bits per heavy atom. The van der Waals surface area contributed by atoms with E-state index in [-0.39, 0.29) is 18.2 Å². The van der Waals surface area contributed by atoms with Crippen LogP contribution in [0.25, 0.3) is 0 Å². The highest BCUT2D eigenvalue weighted by Crippen LogP contribution is 2.37. The van der Waals surface area contributed by atoms with Gasteiger partial charge in [0.2, 0.25) is 0 Å². The SMILES string of the molecule is CCCCCC(C1NC[C@H]2OC(C)(C)O[C@@H]12)S(=O)(=O)c1ccccc1. The van der Waals surface area contributed by atoms with Crippen molar-refractivity contribution in [3.8, 4) is 0 Å². The molecule has 140 valence electrons. The lowest BCUT2D eigenvalue weighted by Crippen LogP contribution is -2.48. The number of hydrogen-bond donors (Lipinski definition) is 1. The Kier molecular flexibility index (Phi) is 5.54. The van der Waals surface area contributed by atoms with E-state index in [1.165, 1.54) is 0 Å². The maximum atomic E-state index is 13.3. The summed E-state index contributed by atoms with van der Waals surface area (Å²) in [5.74, 6) is -0.653. The monoisotopic (exact) mass is 367 g/mol. The number of benzene rings is 1. The molecule has 0 bridgehead atoms. The number of rotatable bonds is 7. The number of unbranched alkanes of at least 4 members (excludes halogenated alkanes) is 2. The summed E-state index contributed by atoms with van der Waals surface area (Å²) >= 11 is 0. The van der Waals surface area contributed by atoms with Gasteiger partial charge in [-0.2, -0.15) is 0 Å². The second-order valence-electron chi connectivity index (χ2n) is 7.46. The predicted molar refractivity (Wildman–Crippen MR) is 97.2 cm³/mol. The number of sulfone groups is 1. The highest BCUT2D eigenvalue weighted by atomic mass is 32.2. The minimum absolute atomic E-state index is 0.0837. The quantitative estimate of drug-likeness (QED) is 0.751. The molecule has 25 heavy (non-hydrogen) atoms. The Labute approximate surface area is 151 Å². The van der Waals surface area contributed by atoms with Gasteiger partial charge in [0, 0.05) is 6.54 Å². The summed E-state index contributed by atoms with van der Waals surface area (Å²) in [5.41, 5.74) is 0. The van der Waals surface area contributed by atoms with E-state index in [1.54, 1.807) is 24.3 Å². The van der Waals surface area contributed by atoms with Gasteiger partial charge in [-0.1, -0.05) is 44.4 Å². The van der Waals surface area contributed by atoms with Crippen molar-refractivity contribution in [2.45, 2.75) is 80.6 Å². The number of hydrogen-bond acceptors (Lipinski definition) is 5. The topological polar surface area (TPSA) is 64.6 Å². The van der Waals surface area contributed by atoms with Crippen LogP contribution in [0.3, 0.4) is 0 Å². The molecule has 0 aromatic heterocycles.